The lowest BCUT2D eigenvalue weighted by Crippen LogP contribution is -2.39. The van der Waals surface area contributed by atoms with Gasteiger partial charge >= 0.3 is 0 Å². The van der Waals surface area contributed by atoms with Crippen molar-refractivity contribution in [3.8, 4) is 0 Å². The van der Waals surface area contributed by atoms with Gasteiger partial charge < -0.3 is 15.0 Å². The van der Waals surface area contributed by atoms with Gasteiger partial charge in [-0.25, -0.2) is 13.8 Å². The quantitative estimate of drug-likeness (QED) is 0.771. The number of amidine groups is 1. The molecule has 0 unspecified atom stereocenters. The van der Waals surface area contributed by atoms with E-state index in [1.165, 1.54) is 12.4 Å². The van der Waals surface area contributed by atoms with Crippen LogP contribution in [-0.2, 0) is 9.53 Å². The number of amides is 1. The number of aliphatic imine (C=N–C) groups is 2. The van der Waals surface area contributed by atoms with E-state index in [4.69, 9.17) is 4.74 Å². The van der Waals surface area contributed by atoms with Crippen LogP contribution in [0.4, 0.5) is 14.5 Å². The first-order valence-corrected chi connectivity index (χ1v) is 11.1. The molecule has 1 aliphatic carbocycles. The Morgan fingerprint density at radius 1 is 1.22 bits per heavy atom. The van der Waals surface area contributed by atoms with E-state index >= 15 is 0 Å². The monoisotopic (exact) mass is 444 g/mol. The van der Waals surface area contributed by atoms with Gasteiger partial charge in [0.2, 0.25) is 0 Å². The van der Waals surface area contributed by atoms with Crippen molar-refractivity contribution < 1.29 is 18.3 Å². The first-order valence-electron chi connectivity index (χ1n) is 11.1. The van der Waals surface area contributed by atoms with Crippen LogP contribution >= 0.6 is 0 Å². The molecule has 8 nitrogen and oxygen atoms in total. The molecule has 4 heterocycles. The third-order valence-electron chi connectivity index (χ3n) is 6.48. The number of aromatic nitrogens is 2. The summed E-state index contributed by atoms with van der Waals surface area (Å²) in [6.45, 7) is 4.89. The molecule has 0 radical (unpaired) electrons. The third-order valence-corrected chi connectivity index (χ3v) is 6.48. The molecule has 1 saturated carbocycles. The molecule has 0 spiro atoms. The minimum Gasteiger partial charge on any atom is -0.378 e. The zero-order valence-corrected chi connectivity index (χ0v) is 17.9. The van der Waals surface area contributed by atoms with E-state index < -0.39 is 18.0 Å². The number of rotatable bonds is 4. The minimum atomic E-state index is -2.78. The summed E-state index contributed by atoms with van der Waals surface area (Å²) in [6, 6.07) is 0.0782. The van der Waals surface area contributed by atoms with Crippen LogP contribution in [0, 0.1) is 5.92 Å². The van der Waals surface area contributed by atoms with E-state index in [-0.39, 0.29) is 17.3 Å². The van der Waals surface area contributed by atoms with Crippen LogP contribution in [0.1, 0.15) is 50.8 Å². The molecule has 2 fully saturated rings. The minimum absolute atomic E-state index is 0.0398. The maximum Gasteiger partial charge on any atom is 0.284 e. The molecule has 4 aliphatic rings. The Balaban J connectivity index is 1.36. The molecule has 0 bridgehead atoms. The third kappa shape index (κ3) is 3.99. The lowest BCUT2D eigenvalue weighted by atomic mass is 9.87. The SMILES string of the molecule is CC1CCC(n2cc(NC(=O)C3=C4N=C(N5CCOCC5)C=C4N=C3)c(C(F)F)n2)CC1. The molecule has 32 heavy (non-hydrogen) atoms. The highest BCUT2D eigenvalue weighted by atomic mass is 19.3. The summed E-state index contributed by atoms with van der Waals surface area (Å²) < 4.78 is 34.3. The molecule has 1 aromatic rings. The molecule has 1 aromatic heterocycles. The summed E-state index contributed by atoms with van der Waals surface area (Å²) in [7, 11) is 0. The van der Waals surface area contributed by atoms with Crippen molar-refractivity contribution in [1.82, 2.24) is 14.7 Å². The van der Waals surface area contributed by atoms with Gasteiger partial charge in [-0.05, 0) is 31.6 Å². The summed E-state index contributed by atoms with van der Waals surface area (Å²) in [5, 5.41) is 6.75. The average molecular weight is 444 g/mol. The Hall–Kier alpha value is -2.88. The van der Waals surface area contributed by atoms with Crippen molar-refractivity contribution in [2.45, 2.75) is 45.1 Å². The van der Waals surface area contributed by atoms with Crippen LogP contribution in [0.2, 0.25) is 0 Å². The highest BCUT2D eigenvalue weighted by Gasteiger charge is 2.30. The zero-order chi connectivity index (χ0) is 22.2. The summed E-state index contributed by atoms with van der Waals surface area (Å²) in [5.74, 6) is 0.869. The van der Waals surface area contributed by atoms with Crippen LogP contribution in [0.3, 0.4) is 0 Å². The number of nitrogens with zero attached hydrogens (tertiary/aromatic N) is 5. The molecular weight excluding hydrogens is 418 g/mol. The van der Waals surface area contributed by atoms with E-state index in [0.29, 0.717) is 30.5 Å². The van der Waals surface area contributed by atoms with Crippen molar-refractivity contribution in [1.29, 1.82) is 0 Å². The smallest absolute Gasteiger partial charge is 0.284 e. The molecule has 5 rings (SSSR count). The number of halogens is 2. The maximum absolute atomic E-state index is 13.7. The Morgan fingerprint density at radius 2 is 1.97 bits per heavy atom. The molecule has 0 aromatic carbocycles. The van der Waals surface area contributed by atoms with Gasteiger partial charge in [0, 0.05) is 31.6 Å². The average Bonchev–Trinajstić information content (AvgIpc) is 3.49. The molecule has 1 N–H and O–H groups in total. The maximum atomic E-state index is 13.7. The van der Waals surface area contributed by atoms with Gasteiger partial charge in [0.05, 0.1) is 36.2 Å². The first-order chi connectivity index (χ1) is 15.5. The second-order valence-electron chi connectivity index (χ2n) is 8.70. The van der Waals surface area contributed by atoms with Crippen LogP contribution in [-0.4, -0.2) is 58.9 Å². The van der Waals surface area contributed by atoms with E-state index in [1.54, 1.807) is 4.68 Å². The fraction of sp³-hybridized carbons (Fsp3) is 0.545. The van der Waals surface area contributed by atoms with Gasteiger partial charge in [0.1, 0.15) is 11.5 Å². The van der Waals surface area contributed by atoms with E-state index in [9.17, 15) is 13.6 Å². The summed E-state index contributed by atoms with van der Waals surface area (Å²) in [4.78, 5) is 23.9. The molecule has 1 saturated heterocycles. The van der Waals surface area contributed by atoms with Crippen LogP contribution in [0.25, 0.3) is 0 Å². The van der Waals surface area contributed by atoms with Crippen molar-refractivity contribution in [2.75, 3.05) is 31.6 Å². The van der Waals surface area contributed by atoms with Crippen molar-refractivity contribution >= 4 is 23.6 Å². The Bertz CT molecular complexity index is 1030. The van der Waals surface area contributed by atoms with Gasteiger partial charge in [-0.15, -0.1) is 0 Å². The summed E-state index contributed by atoms with van der Waals surface area (Å²) in [6.07, 6.45) is 5.91. The molecular formula is C22H26F2N6O2. The number of hydrogen-bond donors (Lipinski definition) is 1. The normalized spacial score (nSPS) is 25.3. The largest absolute Gasteiger partial charge is 0.378 e. The number of alkyl halides is 2. The van der Waals surface area contributed by atoms with Crippen molar-refractivity contribution in [2.24, 2.45) is 15.9 Å². The standard InChI is InChI=1S/C22H26F2N6O2/c1-13-2-4-14(5-3-13)30-12-17(20(28-30)21(23)24)26-22(31)15-11-25-16-10-18(27-19(15)16)29-6-8-32-9-7-29/h10-14,21H,2-9H2,1H3,(H,26,31). The number of carbonyl (C=O) groups excluding carboxylic acids is 1. The molecule has 10 heteroatoms. The van der Waals surface area contributed by atoms with Crippen LogP contribution < -0.4 is 5.32 Å². The molecule has 1 amide bonds. The summed E-state index contributed by atoms with van der Waals surface area (Å²) >= 11 is 0. The number of carbonyl (C=O) groups is 1. The van der Waals surface area contributed by atoms with Gasteiger partial charge in [0.25, 0.3) is 12.3 Å². The molecule has 0 atom stereocenters. The number of nitrogens with one attached hydrogen (secondary N) is 1. The fourth-order valence-corrected chi connectivity index (χ4v) is 4.55. The van der Waals surface area contributed by atoms with Gasteiger partial charge in [-0.1, -0.05) is 6.92 Å². The Kier molecular flexibility index (Phi) is 5.62. The highest BCUT2D eigenvalue weighted by Crippen LogP contribution is 2.35. The van der Waals surface area contributed by atoms with Gasteiger partial charge in [0.15, 0.2) is 5.69 Å². The van der Waals surface area contributed by atoms with E-state index in [1.807, 2.05) is 6.08 Å². The molecule has 170 valence electrons. The number of hydrogen-bond acceptors (Lipinski definition) is 6. The zero-order valence-electron chi connectivity index (χ0n) is 17.9. The van der Waals surface area contributed by atoms with E-state index in [0.717, 1.165) is 44.6 Å². The molecule has 3 aliphatic heterocycles. The number of morpholine rings is 1. The number of fused-ring (bicyclic) bond motifs is 1. The Morgan fingerprint density at radius 3 is 2.69 bits per heavy atom. The topological polar surface area (TPSA) is 84.1 Å². The van der Waals surface area contributed by atoms with Crippen LogP contribution in [0.5, 0.6) is 0 Å². The lowest BCUT2D eigenvalue weighted by Gasteiger charge is -2.27. The first kappa shape index (κ1) is 21.0. The predicted molar refractivity (Wildman–Crippen MR) is 116 cm³/mol. The number of ether oxygens (including phenoxy) is 1. The summed E-state index contributed by atoms with van der Waals surface area (Å²) in [5.41, 5.74) is 0.975. The highest BCUT2D eigenvalue weighted by molar-refractivity contribution is 6.21. The van der Waals surface area contributed by atoms with Crippen molar-refractivity contribution in [3.05, 3.63) is 34.9 Å². The lowest BCUT2D eigenvalue weighted by molar-refractivity contribution is -0.112. The van der Waals surface area contributed by atoms with Gasteiger partial charge in [-0.3, -0.25) is 14.5 Å². The van der Waals surface area contributed by atoms with E-state index in [2.05, 4.69) is 32.2 Å². The van der Waals surface area contributed by atoms with Gasteiger partial charge in [-0.2, -0.15) is 5.10 Å². The van der Waals surface area contributed by atoms with Crippen molar-refractivity contribution in [3.63, 3.8) is 0 Å². The second-order valence-corrected chi connectivity index (χ2v) is 8.70. The Labute approximate surface area is 184 Å². The second kappa shape index (κ2) is 8.57. The number of anilines is 1. The van der Waals surface area contributed by atoms with Crippen LogP contribution in [0.15, 0.2) is 39.2 Å². The fourth-order valence-electron chi connectivity index (χ4n) is 4.55. The predicted octanol–water partition coefficient (Wildman–Crippen LogP) is 3.48.